The maximum absolute atomic E-state index is 7.68. The van der Waals surface area contributed by atoms with E-state index in [9.17, 15) is 0 Å². The van der Waals surface area contributed by atoms with Crippen LogP contribution in [-0.2, 0) is 6.42 Å². The summed E-state index contributed by atoms with van der Waals surface area (Å²) in [7, 11) is 2.07. The van der Waals surface area contributed by atoms with Crippen molar-refractivity contribution in [3.63, 3.8) is 0 Å². The number of anilines is 1. The number of amidine groups is 1. The van der Waals surface area contributed by atoms with E-state index in [0.717, 1.165) is 24.2 Å². The summed E-state index contributed by atoms with van der Waals surface area (Å²) in [6.07, 6.45) is 1.14. The van der Waals surface area contributed by atoms with E-state index in [-0.39, 0.29) is 5.84 Å². The first kappa shape index (κ1) is 12.7. The van der Waals surface area contributed by atoms with Crippen LogP contribution in [0.1, 0.15) is 22.6 Å². The second kappa shape index (κ2) is 5.00. The third-order valence-corrected chi connectivity index (χ3v) is 4.06. The molecule has 20 heavy (non-hydrogen) atoms. The van der Waals surface area contributed by atoms with E-state index >= 15 is 0 Å². The fourth-order valence-electron chi connectivity index (χ4n) is 2.99. The molecule has 2 aromatic carbocycles. The Balaban J connectivity index is 1.79. The molecule has 1 aliphatic rings. The van der Waals surface area contributed by atoms with Gasteiger partial charge in [0.05, 0.1) is 0 Å². The normalized spacial score (nSPS) is 16.1. The third-order valence-electron chi connectivity index (χ3n) is 4.06. The fraction of sp³-hybridized carbons (Fsp3) is 0.235. The van der Waals surface area contributed by atoms with Gasteiger partial charge in [0, 0.05) is 30.8 Å². The SMILES string of the molecule is CN(CC1Cc2ccccc21)c1ccccc1C(=N)N. The molecule has 3 rings (SSSR count). The molecule has 3 heteroatoms. The monoisotopic (exact) mass is 265 g/mol. The molecule has 0 aromatic heterocycles. The van der Waals surface area contributed by atoms with Crippen LogP contribution in [0.5, 0.6) is 0 Å². The highest BCUT2D eigenvalue weighted by Gasteiger charge is 2.26. The first-order chi connectivity index (χ1) is 9.66. The van der Waals surface area contributed by atoms with Crippen molar-refractivity contribution in [2.75, 3.05) is 18.5 Å². The van der Waals surface area contributed by atoms with Gasteiger partial charge in [0.15, 0.2) is 0 Å². The van der Waals surface area contributed by atoms with E-state index in [1.54, 1.807) is 0 Å². The van der Waals surface area contributed by atoms with Crippen LogP contribution in [-0.4, -0.2) is 19.4 Å². The number of likely N-dealkylation sites (N-methyl/N-ethyl adjacent to an activating group) is 1. The number of nitrogens with two attached hydrogens (primary N) is 1. The number of hydrogen-bond donors (Lipinski definition) is 2. The Morgan fingerprint density at radius 3 is 2.65 bits per heavy atom. The average Bonchev–Trinajstić information content (AvgIpc) is 2.44. The molecule has 1 atom stereocenters. The smallest absolute Gasteiger partial charge is 0.124 e. The average molecular weight is 265 g/mol. The number of rotatable bonds is 4. The highest BCUT2D eigenvalue weighted by molar-refractivity contribution is 6.00. The lowest BCUT2D eigenvalue weighted by molar-refractivity contribution is 0.601. The first-order valence-corrected chi connectivity index (χ1v) is 6.89. The van der Waals surface area contributed by atoms with Gasteiger partial charge in [-0.2, -0.15) is 0 Å². The van der Waals surface area contributed by atoms with Gasteiger partial charge in [0.2, 0.25) is 0 Å². The van der Waals surface area contributed by atoms with Crippen molar-refractivity contribution in [3.8, 4) is 0 Å². The van der Waals surface area contributed by atoms with Gasteiger partial charge in [-0.05, 0) is 29.7 Å². The molecular weight excluding hydrogens is 246 g/mol. The van der Waals surface area contributed by atoms with E-state index in [2.05, 4.69) is 36.2 Å². The van der Waals surface area contributed by atoms with Crippen LogP contribution in [0.2, 0.25) is 0 Å². The lowest BCUT2D eigenvalue weighted by Gasteiger charge is -2.34. The molecule has 0 heterocycles. The Morgan fingerprint density at radius 2 is 1.90 bits per heavy atom. The summed E-state index contributed by atoms with van der Waals surface area (Å²) >= 11 is 0. The summed E-state index contributed by atoms with van der Waals surface area (Å²) in [5.74, 6) is 0.706. The molecule has 1 unspecified atom stereocenters. The highest BCUT2D eigenvalue weighted by Crippen LogP contribution is 2.36. The zero-order valence-electron chi connectivity index (χ0n) is 11.6. The second-order valence-electron chi connectivity index (χ2n) is 5.41. The lowest BCUT2D eigenvalue weighted by atomic mass is 9.77. The van der Waals surface area contributed by atoms with Crippen LogP contribution in [0.15, 0.2) is 48.5 Å². The Hall–Kier alpha value is -2.29. The molecule has 2 aromatic rings. The molecule has 0 fully saturated rings. The van der Waals surface area contributed by atoms with Crippen LogP contribution in [0.25, 0.3) is 0 Å². The zero-order valence-corrected chi connectivity index (χ0v) is 11.6. The van der Waals surface area contributed by atoms with Crippen LogP contribution >= 0.6 is 0 Å². The Bertz CT molecular complexity index is 648. The van der Waals surface area contributed by atoms with Gasteiger partial charge in [-0.25, -0.2) is 0 Å². The maximum atomic E-state index is 7.68. The minimum atomic E-state index is 0.126. The predicted octanol–water partition coefficient (Wildman–Crippen LogP) is 2.75. The van der Waals surface area contributed by atoms with Gasteiger partial charge in [0.1, 0.15) is 5.84 Å². The Morgan fingerprint density at radius 1 is 1.20 bits per heavy atom. The first-order valence-electron chi connectivity index (χ1n) is 6.89. The summed E-state index contributed by atoms with van der Waals surface area (Å²) in [4.78, 5) is 2.21. The summed E-state index contributed by atoms with van der Waals surface area (Å²) in [6.45, 7) is 0.960. The standard InChI is InChI=1S/C17H19N3/c1-20(16-9-5-4-8-15(16)17(18)19)11-13-10-12-6-2-3-7-14(12)13/h2-9,13H,10-11H2,1H3,(H3,18,19). The number of fused-ring (bicyclic) bond motifs is 1. The van der Waals surface area contributed by atoms with Crippen molar-refractivity contribution in [2.45, 2.75) is 12.3 Å². The van der Waals surface area contributed by atoms with Gasteiger partial charge >= 0.3 is 0 Å². The van der Waals surface area contributed by atoms with Crippen molar-refractivity contribution in [3.05, 3.63) is 65.2 Å². The van der Waals surface area contributed by atoms with E-state index in [0.29, 0.717) is 5.92 Å². The van der Waals surface area contributed by atoms with Crippen molar-refractivity contribution < 1.29 is 0 Å². The molecule has 0 amide bonds. The summed E-state index contributed by atoms with van der Waals surface area (Å²) in [5.41, 5.74) is 10.4. The largest absolute Gasteiger partial charge is 0.384 e. The molecule has 0 saturated heterocycles. The Labute approximate surface area is 119 Å². The van der Waals surface area contributed by atoms with Crippen LogP contribution in [0, 0.1) is 5.41 Å². The highest BCUT2D eigenvalue weighted by atomic mass is 15.1. The van der Waals surface area contributed by atoms with E-state index in [1.807, 2.05) is 24.3 Å². The van der Waals surface area contributed by atoms with Crippen molar-refractivity contribution in [1.29, 1.82) is 5.41 Å². The van der Waals surface area contributed by atoms with E-state index < -0.39 is 0 Å². The zero-order chi connectivity index (χ0) is 14.1. The molecule has 1 aliphatic carbocycles. The summed E-state index contributed by atoms with van der Waals surface area (Å²) in [5, 5.41) is 7.68. The molecule has 0 radical (unpaired) electrons. The van der Waals surface area contributed by atoms with Crippen LogP contribution in [0.4, 0.5) is 5.69 Å². The number of para-hydroxylation sites is 1. The minimum absolute atomic E-state index is 0.126. The molecule has 0 saturated carbocycles. The fourth-order valence-corrected chi connectivity index (χ4v) is 2.99. The second-order valence-corrected chi connectivity index (χ2v) is 5.41. The molecule has 102 valence electrons. The number of nitrogen functional groups attached to an aromatic ring is 1. The molecule has 0 bridgehead atoms. The van der Waals surface area contributed by atoms with Gasteiger partial charge in [-0.1, -0.05) is 36.4 Å². The molecule has 3 nitrogen and oxygen atoms in total. The van der Waals surface area contributed by atoms with Gasteiger partial charge < -0.3 is 10.6 Å². The van der Waals surface area contributed by atoms with Crippen LogP contribution in [0.3, 0.4) is 0 Å². The van der Waals surface area contributed by atoms with Gasteiger partial charge in [0.25, 0.3) is 0 Å². The maximum Gasteiger partial charge on any atom is 0.124 e. The number of benzene rings is 2. The third kappa shape index (κ3) is 2.16. The van der Waals surface area contributed by atoms with Crippen LogP contribution < -0.4 is 10.6 Å². The molecular formula is C17H19N3. The van der Waals surface area contributed by atoms with E-state index in [4.69, 9.17) is 11.1 Å². The number of hydrogen-bond acceptors (Lipinski definition) is 2. The summed E-state index contributed by atoms with van der Waals surface area (Å²) in [6, 6.07) is 16.5. The van der Waals surface area contributed by atoms with Gasteiger partial charge in [-0.3, -0.25) is 5.41 Å². The number of nitrogens with one attached hydrogen (secondary N) is 1. The van der Waals surface area contributed by atoms with Crippen molar-refractivity contribution in [1.82, 2.24) is 0 Å². The molecule has 0 aliphatic heterocycles. The molecule has 3 N–H and O–H groups in total. The lowest BCUT2D eigenvalue weighted by Crippen LogP contribution is -2.32. The van der Waals surface area contributed by atoms with Crippen molar-refractivity contribution >= 4 is 11.5 Å². The predicted molar refractivity (Wildman–Crippen MR) is 83.6 cm³/mol. The van der Waals surface area contributed by atoms with E-state index in [1.165, 1.54) is 11.1 Å². The molecule has 0 spiro atoms. The quantitative estimate of drug-likeness (QED) is 0.659. The minimum Gasteiger partial charge on any atom is -0.384 e. The van der Waals surface area contributed by atoms with Gasteiger partial charge in [-0.15, -0.1) is 0 Å². The summed E-state index contributed by atoms with van der Waals surface area (Å²) < 4.78 is 0. The number of nitrogens with zero attached hydrogens (tertiary/aromatic N) is 1. The topological polar surface area (TPSA) is 53.1 Å². The van der Waals surface area contributed by atoms with Crippen molar-refractivity contribution in [2.24, 2.45) is 5.73 Å². The Kier molecular flexibility index (Phi) is 3.18.